The van der Waals surface area contributed by atoms with E-state index >= 15 is 0 Å². The van der Waals surface area contributed by atoms with Crippen LogP contribution in [-0.2, 0) is 4.74 Å². The molecule has 84 valence electrons. The Hall–Kier alpha value is 0.270. The molecule has 1 N–H and O–H groups in total. The first kappa shape index (κ1) is 12.3. The van der Waals surface area contributed by atoms with Crippen LogP contribution >= 0.6 is 11.8 Å². The Balaban J connectivity index is 2.31. The zero-order valence-corrected chi connectivity index (χ0v) is 10.6. The fourth-order valence-electron chi connectivity index (χ4n) is 1.85. The molecule has 0 aromatic rings. The predicted molar refractivity (Wildman–Crippen MR) is 64.0 cm³/mol. The van der Waals surface area contributed by atoms with Crippen LogP contribution in [0.2, 0.25) is 0 Å². The van der Waals surface area contributed by atoms with Crippen LogP contribution in [0, 0.1) is 5.92 Å². The summed E-state index contributed by atoms with van der Waals surface area (Å²) in [6.45, 7) is 7.64. The molecule has 1 fully saturated rings. The maximum absolute atomic E-state index is 5.23. The minimum atomic E-state index is 0.510. The Morgan fingerprint density at radius 1 is 1.50 bits per heavy atom. The summed E-state index contributed by atoms with van der Waals surface area (Å²) >= 11 is 2.07. The maximum Gasteiger partial charge on any atom is 0.0618 e. The molecule has 0 aromatic carbocycles. The molecule has 0 radical (unpaired) electrons. The van der Waals surface area contributed by atoms with E-state index in [1.165, 1.54) is 12.2 Å². The van der Waals surface area contributed by atoms with Crippen LogP contribution in [0.15, 0.2) is 0 Å². The molecule has 0 bridgehead atoms. The Morgan fingerprint density at radius 2 is 2.21 bits per heavy atom. The van der Waals surface area contributed by atoms with Gasteiger partial charge in [0.15, 0.2) is 0 Å². The van der Waals surface area contributed by atoms with Crippen molar-refractivity contribution >= 4 is 11.8 Å². The Morgan fingerprint density at radius 3 is 2.64 bits per heavy atom. The molecule has 3 heteroatoms. The highest BCUT2D eigenvalue weighted by atomic mass is 32.2. The highest BCUT2D eigenvalue weighted by molar-refractivity contribution is 8.00. The smallest absolute Gasteiger partial charge is 0.0618 e. The molecule has 0 aliphatic carbocycles. The number of hydrogen-bond acceptors (Lipinski definition) is 3. The average Bonchev–Trinajstić information content (AvgIpc) is 2.50. The summed E-state index contributed by atoms with van der Waals surface area (Å²) in [6, 6.07) is 1.20. The average molecular weight is 217 g/mol. The lowest BCUT2D eigenvalue weighted by Crippen LogP contribution is -2.44. The van der Waals surface area contributed by atoms with E-state index in [9.17, 15) is 0 Å². The third-order valence-corrected chi connectivity index (χ3v) is 4.16. The van der Waals surface area contributed by atoms with Crippen LogP contribution in [0.4, 0.5) is 0 Å². The number of hydrogen-bond donors (Lipinski definition) is 1. The Bertz CT molecular complexity index is 163. The molecule has 0 saturated carbocycles. The topological polar surface area (TPSA) is 21.3 Å². The quantitative estimate of drug-likeness (QED) is 0.762. The zero-order valence-electron chi connectivity index (χ0n) is 9.75. The lowest BCUT2D eigenvalue weighted by atomic mass is 10.0. The summed E-state index contributed by atoms with van der Waals surface area (Å²) in [5, 5.41) is 4.52. The molecule has 3 atom stereocenters. The number of rotatable bonds is 5. The first-order valence-electron chi connectivity index (χ1n) is 5.50. The third-order valence-electron chi connectivity index (χ3n) is 2.80. The van der Waals surface area contributed by atoms with Gasteiger partial charge < -0.3 is 10.1 Å². The number of nitrogens with one attached hydrogen (secondary N) is 1. The highest BCUT2D eigenvalue weighted by Gasteiger charge is 2.25. The molecule has 0 amide bonds. The van der Waals surface area contributed by atoms with Gasteiger partial charge in [-0.05, 0) is 12.3 Å². The molecule has 1 rings (SSSR count). The highest BCUT2D eigenvalue weighted by Crippen LogP contribution is 2.26. The molecule has 3 unspecified atom stereocenters. The molecule has 0 aromatic heterocycles. The lowest BCUT2D eigenvalue weighted by molar-refractivity contribution is 0.141. The second kappa shape index (κ2) is 5.99. The SMILES string of the molecule is COCC(NC1CSC(C)C1)C(C)C. The fraction of sp³-hybridized carbons (Fsp3) is 1.00. The summed E-state index contributed by atoms with van der Waals surface area (Å²) in [5.41, 5.74) is 0. The largest absolute Gasteiger partial charge is 0.383 e. The monoisotopic (exact) mass is 217 g/mol. The van der Waals surface area contributed by atoms with Gasteiger partial charge in [0.1, 0.15) is 0 Å². The Kier molecular flexibility index (Phi) is 5.28. The summed E-state index contributed by atoms with van der Waals surface area (Å²) in [5.74, 6) is 1.91. The normalized spacial score (nSPS) is 29.8. The van der Waals surface area contributed by atoms with E-state index in [0.29, 0.717) is 18.0 Å². The Labute approximate surface area is 92.2 Å². The van der Waals surface area contributed by atoms with Gasteiger partial charge in [0.25, 0.3) is 0 Å². The van der Waals surface area contributed by atoms with Crippen molar-refractivity contribution in [1.82, 2.24) is 5.32 Å². The summed E-state index contributed by atoms with van der Waals surface area (Å²) < 4.78 is 5.23. The van der Waals surface area contributed by atoms with Gasteiger partial charge in [-0.3, -0.25) is 0 Å². The molecule has 0 spiro atoms. The van der Waals surface area contributed by atoms with Crippen molar-refractivity contribution in [2.75, 3.05) is 19.5 Å². The second-order valence-corrected chi connectivity index (χ2v) is 6.02. The molecule has 1 aliphatic rings. The number of thioether (sulfide) groups is 1. The van der Waals surface area contributed by atoms with Crippen molar-refractivity contribution < 1.29 is 4.74 Å². The van der Waals surface area contributed by atoms with Crippen molar-refractivity contribution in [3.05, 3.63) is 0 Å². The molecule has 1 saturated heterocycles. The van der Waals surface area contributed by atoms with Gasteiger partial charge in [0.2, 0.25) is 0 Å². The molecule has 14 heavy (non-hydrogen) atoms. The van der Waals surface area contributed by atoms with Gasteiger partial charge in [-0.25, -0.2) is 0 Å². The summed E-state index contributed by atoms with van der Waals surface area (Å²) in [6.07, 6.45) is 1.30. The van der Waals surface area contributed by atoms with E-state index in [0.717, 1.165) is 11.9 Å². The summed E-state index contributed by atoms with van der Waals surface area (Å²) in [7, 11) is 1.78. The second-order valence-electron chi connectivity index (χ2n) is 4.55. The van der Waals surface area contributed by atoms with E-state index in [4.69, 9.17) is 4.74 Å². The number of ether oxygens (including phenoxy) is 1. The summed E-state index contributed by atoms with van der Waals surface area (Å²) in [4.78, 5) is 0. The van der Waals surface area contributed by atoms with E-state index in [2.05, 4.69) is 37.8 Å². The van der Waals surface area contributed by atoms with Crippen molar-refractivity contribution in [3.63, 3.8) is 0 Å². The molecular formula is C11H23NOS. The minimum Gasteiger partial charge on any atom is -0.383 e. The molecular weight excluding hydrogens is 194 g/mol. The molecule has 2 nitrogen and oxygen atoms in total. The van der Waals surface area contributed by atoms with Crippen LogP contribution in [0.3, 0.4) is 0 Å². The maximum atomic E-state index is 5.23. The van der Waals surface area contributed by atoms with Gasteiger partial charge in [-0.2, -0.15) is 11.8 Å². The van der Waals surface area contributed by atoms with Crippen molar-refractivity contribution in [1.29, 1.82) is 0 Å². The van der Waals surface area contributed by atoms with Crippen LogP contribution in [0.1, 0.15) is 27.2 Å². The van der Waals surface area contributed by atoms with Crippen molar-refractivity contribution in [2.24, 2.45) is 5.92 Å². The predicted octanol–water partition coefficient (Wildman–Crippen LogP) is 2.14. The van der Waals surface area contributed by atoms with E-state index in [-0.39, 0.29) is 0 Å². The van der Waals surface area contributed by atoms with Gasteiger partial charge in [-0.1, -0.05) is 20.8 Å². The standard InChI is InChI=1S/C11H23NOS/c1-8(2)11(6-13-4)12-10-5-9(3)14-7-10/h8-12H,5-7H2,1-4H3. The van der Waals surface area contributed by atoms with Crippen molar-refractivity contribution in [3.8, 4) is 0 Å². The minimum absolute atomic E-state index is 0.510. The first-order chi connectivity index (χ1) is 6.63. The van der Waals surface area contributed by atoms with E-state index in [1.807, 2.05) is 0 Å². The van der Waals surface area contributed by atoms with Crippen molar-refractivity contribution in [2.45, 2.75) is 44.5 Å². The molecule has 1 heterocycles. The lowest BCUT2D eigenvalue weighted by Gasteiger charge is -2.25. The van der Waals surface area contributed by atoms with Crippen LogP contribution < -0.4 is 5.32 Å². The van der Waals surface area contributed by atoms with E-state index < -0.39 is 0 Å². The third kappa shape index (κ3) is 3.79. The van der Waals surface area contributed by atoms with Gasteiger partial charge in [0, 0.05) is 30.2 Å². The van der Waals surface area contributed by atoms with E-state index in [1.54, 1.807) is 7.11 Å². The van der Waals surface area contributed by atoms with Crippen LogP contribution in [0.25, 0.3) is 0 Å². The van der Waals surface area contributed by atoms with Crippen LogP contribution in [0.5, 0.6) is 0 Å². The van der Waals surface area contributed by atoms with Gasteiger partial charge >= 0.3 is 0 Å². The fourth-order valence-corrected chi connectivity index (χ4v) is 3.01. The van der Waals surface area contributed by atoms with Crippen LogP contribution in [-0.4, -0.2) is 36.8 Å². The zero-order chi connectivity index (χ0) is 10.6. The molecule has 1 aliphatic heterocycles. The van der Waals surface area contributed by atoms with Gasteiger partial charge in [-0.15, -0.1) is 0 Å². The first-order valence-corrected chi connectivity index (χ1v) is 6.55. The number of methoxy groups -OCH3 is 1. The van der Waals surface area contributed by atoms with Gasteiger partial charge in [0.05, 0.1) is 6.61 Å².